The number of hydrogen-bond donors (Lipinski definition) is 1. The molecule has 1 N–H and O–H groups in total. The molecule has 0 saturated carbocycles. The Morgan fingerprint density at radius 3 is 2.43 bits per heavy atom. The van der Waals surface area contributed by atoms with E-state index in [0.717, 1.165) is 11.1 Å². The zero-order chi connectivity index (χ0) is 21.4. The van der Waals surface area contributed by atoms with Crippen LogP contribution in [0.1, 0.15) is 28.2 Å². The molecule has 0 atom stereocenters. The molecule has 8 nitrogen and oxygen atoms in total. The number of hydrogen-bond acceptors (Lipinski definition) is 6. The molecular formula is C22H20N2O6. The third-order valence-corrected chi connectivity index (χ3v) is 5.16. The summed E-state index contributed by atoms with van der Waals surface area (Å²) >= 11 is 0. The number of carboxylic acids is 1. The number of aromatic carboxylic acids is 1. The first-order valence-corrected chi connectivity index (χ1v) is 9.25. The molecule has 154 valence electrons. The third kappa shape index (κ3) is 3.16. The maximum absolute atomic E-state index is 12.9. The van der Waals surface area contributed by atoms with E-state index in [0.29, 0.717) is 46.9 Å². The fourth-order valence-electron chi connectivity index (χ4n) is 3.64. The first-order valence-electron chi connectivity index (χ1n) is 9.25. The zero-order valence-corrected chi connectivity index (χ0v) is 16.8. The van der Waals surface area contributed by atoms with Crippen molar-refractivity contribution in [2.75, 3.05) is 21.3 Å². The van der Waals surface area contributed by atoms with Crippen LogP contribution >= 0.6 is 0 Å². The summed E-state index contributed by atoms with van der Waals surface area (Å²) in [6, 6.07) is 7.89. The van der Waals surface area contributed by atoms with E-state index in [9.17, 15) is 14.7 Å². The van der Waals surface area contributed by atoms with E-state index < -0.39 is 5.97 Å². The highest BCUT2D eigenvalue weighted by Crippen LogP contribution is 2.37. The summed E-state index contributed by atoms with van der Waals surface area (Å²) in [6.45, 7) is 0.499. The van der Waals surface area contributed by atoms with Crippen LogP contribution in [-0.4, -0.2) is 42.0 Å². The van der Waals surface area contributed by atoms with Crippen LogP contribution in [0.3, 0.4) is 0 Å². The Bertz CT molecular complexity index is 1260. The lowest BCUT2D eigenvalue weighted by atomic mass is 10.1. The van der Waals surface area contributed by atoms with Gasteiger partial charge in [0.25, 0.3) is 5.56 Å². The van der Waals surface area contributed by atoms with Crippen LogP contribution in [-0.2, 0) is 6.54 Å². The monoisotopic (exact) mass is 408 g/mol. The SMILES string of the molecule is COc1cc(OC)c(OC)cc1C=C1CCn2c1nc1cc(C(=O)O)ccc1c2=O. The summed E-state index contributed by atoms with van der Waals surface area (Å²) < 4.78 is 17.8. The molecule has 3 aromatic rings. The fourth-order valence-corrected chi connectivity index (χ4v) is 3.64. The standard InChI is InChI=1S/C22H20N2O6/c1-28-17-11-19(30-3)18(29-2)10-14(17)8-12-6-7-24-20(12)23-16-9-13(22(26)27)4-5-15(16)21(24)25/h4-5,8-11H,6-7H2,1-3H3,(H,26,27). The van der Waals surface area contributed by atoms with E-state index >= 15 is 0 Å². The molecule has 0 spiro atoms. The van der Waals surface area contributed by atoms with Gasteiger partial charge in [0.1, 0.15) is 11.6 Å². The van der Waals surface area contributed by atoms with Crippen molar-refractivity contribution in [3.63, 3.8) is 0 Å². The minimum atomic E-state index is -1.06. The normalized spacial score (nSPS) is 14.0. The van der Waals surface area contributed by atoms with Gasteiger partial charge in [0.2, 0.25) is 0 Å². The van der Waals surface area contributed by atoms with Crippen LogP contribution in [0, 0.1) is 0 Å². The maximum atomic E-state index is 12.9. The topological polar surface area (TPSA) is 99.9 Å². The average Bonchev–Trinajstić information content (AvgIpc) is 3.15. The largest absolute Gasteiger partial charge is 0.496 e. The Kier molecular flexibility index (Phi) is 4.91. The van der Waals surface area contributed by atoms with Gasteiger partial charge in [0, 0.05) is 18.2 Å². The van der Waals surface area contributed by atoms with Gasteiger partial charge in [0.05, 0.1) is 37.8 Å². The lowest BCUT2D eigenvalue weighted by Crippen LogP contribution is -2.21. The number of benzene rings is 2. The Labute approximate surface area is 172 Å². The molecule has 2 aromatic carbocycles. The summed E-state index contributed by atoms with van der Waals surface area (Å²) in [4.78, 5) is 28.8. The second kappa shape index (κ2) is 7.55. The van der Waals surface area contributed by atoms with Crippen molar-refractivity contribution in [2.24, 2.45) is 0 Å². The molecule has 0 bridgehead atoms. The maximum Gasteiger partial charge on any atom is 0.335 e. The van der Waals surface area contributed by atoms with Crippen molar-refractivity contribution in [3.8, 4) is 17.2 Å². The second-order valence-corrected chi connectivity index (χ2v) is 6.80. The van der Waals surface area contributed by atoms with Gasteiger partial charge in [-0.05, 0) is 42.3 Å². The predicted octanol–water partition coefficient (Wildman–Crippen LogP) is 3.06. The number of nitrogens with zero attached hydrogens (tertiary/aromatic N) is 2. The summed E-state index contributed by atoms with van der Waals surface area (Å²) in [5, 5.41) is 9.64. The van der Waals surface area contributed by atoms with Crippen molar-refractivity contribution >= 4 is 28.5 Å². The molecule has 2 heterocycles. The van der Waals surface area contributed by atoms with Gasteiger partial charge in [-0.3, -0.25) is 9.36 Å². The van der Waals surface area contributed by atoms with Crippen molar-refractivity contribution in [2.45, 2.75) is 13.0 Å². The molecule has 0 unspecified atom stereocenters. The number of rotatable bonds is 5. The van der Waals surface area contributed by atoms with Crippen LogP contribution in [0.4, 0.5) is 0 Å². The molecule has 0 aliphatic carbocycles. The molecule has 0 fully saturated rings. The van der Waals surface area contributed by atoms with Crippen LogP contribution in [0.2, 0.25) is 0 Å². The van der Waals surface area contributed by atoms with Gasteiger partial charge in [-0.1, -0.05) is 0 Å². The van der Waals surface area contributed by atoms with E-state index in [2.05, 4.69) is 4.98 Å². The van der Waals surface area contributed by atoms with Crippen molar-refractivity contribution in [3.05, 3.63) is 57.6 Å². The average molecular weight is 408 g/mol. The van der Waals surface area contributed by atoms with E-state index in [1.807, 2.05) is 6.08 Å². The van der Waals surface area contributed by atoms with Crippen LogP contribution in [0.5, 0.6) is 17.2 Å². The predicted molar refractivity (Wildman–Crippen MR) is 112 cm³/mol. The smallest absolute Gasteiger partial charge is 0.335 e. The van der Waals surface area contributed by atoms with Crippen LogP contribution in [0.15, 0.2) is 35.1 Å². The van der Waals surface area contributed by atoms with Gasteiger partial charge in [-0.2, -0.15) is 0 Å². The molecule has 0 saturated heterocycles. The van der Waals surface area contributed by atoms with Gasteiger partial charge >= 0.3 is 5.97 Å². The lowest BCUT2D eigenvalue weighted by Gasteiger charge is -2.13. The molecule has 1 aliphatic heterocycles. The van der Waals surface area contributed by atoms with Gasteiger partial charge in [-0.15, -0.1) is 0 Å². The third-order valence-electron chi connectivity index (χ3n) is 5.16. The number of allylic oxidation sites excluding steroid dienone is 1. The summed E-state index contributed by atoms with van der Waals surface area (Å²) in [6.07, 6.45) is 2.51. The van der Waals surface area contributed by atoms with E-state index in [1.165, 1.54) is 18.2 Å². The Morgan fingerprint density at radius 1 is 1.07 bits per heavy atom. The van der Waals surface area contributed by atoms with Gasteiger partial charge in [0.15, 0.2) is 11.5 Å². The minimum absolute atomic E-state index is 0.0874. The Hall–Kier alpha value is -3.81. The Morgan fingerprint density at radius 2 is 1.77 bits per heavy atom. The number of ether oxygens (including phenoxy) is 3. The first kappa shape index (κ1) is 19.5. The molecule has 8 heteroatoms. The van der Waals surface area contributed by atoms with Gasteiger partial charge in [-0.25, -0.2) is 9.78 Å². The number of methoxy groups -OCH3 is 3. The highest BCUT2D eigenvalue weighted by atomic mass is 16.5. The first-order chi connectivity index (χ1) is 14.5. The highest BCUT2D eigenvalue weighted by molar-refractivity contribution is 5.93. The molecule has 4 rings (SSSR count). The van der Waals surface area contributed by atoms with Crippen molar-refractivity contribution in [1.29, 1.82) is 0 Å². The summed E-state index contributed by atoms with van der Waals surface area (Å²) in [7, 11) is 4.67. The van der Waals surface area contributed by atoms with Crippen LogP contribution < -0.4 is 19.8 Å². The highest BCUT2D eigenvalue weighted by Gasteiger charge is 2.22. The lowest BCUT2D eigenvalue weighted by molar-refractivity contribution is 0.0697. The molecule has 0 amide bonds. The quantitative estimate of drug-likeness (QED) is 0.692. The summed E-state index contributed by atoms with van der Waals surface area (Å²) in [5.74, 6) is 1.15. The molecule has 1 aromatic heterocycles. The second-order valence-electron chi connectivity index (χ2n) is 6.80. The molecule has 30 heavy (non-hydrogen) atoms. The number of fused-ring (bicyclic) bond motifs is 2. The summed E-state index contributed by atoms with van der Waals surface area (Å²) in [5.41, 5.74) is 1.87. The minimum Gasteiger partial charge on any atom is -0.496 e. The van der Waals surface area contributed by atoms with E-state index in [-0.39, 0.29) is 11.1 Å². The van der Waals surface area contributed by atoms with E-state index in [4.69, 9.17) is 14.2 Å². The zero-order valence-electron chi connectivity index (χ0n) is 16.8. The van der Waals surface area contributed by atoms with Crippen molar-refractivity contribution in [1.82, 2.24) is 9.55 Å². The fraction of sp³-hybridized carbons (Fsp3) is 0.227. The van der Waals surface area contributed by atoms with Crippen LogP contribution in [0.25, 0.3) is 22.6 Å². The number of carboxylic acid groups (broad SMARTS) is 1. The Balaban J connectivity index is 1.88. The molecule has 1 aliphatic rings. The van der Waals surface area contributed by atoms with Gasteiger partial charge < -0.3 is 19.3 Å². The van der Waals surface area contributed by atoms with Crippen molar-refractivity contribution < 1.29 is 24.1 Å². The number of aromatic nitrogens is 2. The molecule has 0 radical (unpaired) electrons. The number of carbonyl (C=O) groups is 1. The van der Waals surface area contributed by atoms with E-state index in [1.54, 1.807) is 38.0 Å². The molecular weight excluding hydrogens is 388 g/mol.